The minimum atomic E-state index is -0.195. The molecular formula is C12H17FINO. The second-order valence-electron chi connectivity index (χ2n) is 3.44. The average Bonchev–Trinajstić information content (AvgIpc) is 2.25. The molecule has 0 radical (unpaired) electrons. The number of hydrogen-bond acceptors (Lipinski definition) is 2. The molecule has 0 saturated carbocycles. The van der Waals surface area contributed by atoms with Crippen molar-refractivity contribution in [2.24, 2.45) is 0 Å². The van der Waals surface area contributed by atoms with Gasteiger partial charge in [-0.1, -0.05) is 13.0 Å². The van der Waals surface area contributed by atoms with E-state index in [4.69, 9.17) is 4.74 Å². The summed E-state index contributed by atoms with van der Waals surface area (Å²) in [5.74, 6) is -0.195. The maximum absolute atomic E-state index is 13.0. The molecule has 4 heteroatoms. The van der Waals surface area contributed by atoms with E-state index in [0.717, 1.165) is 15.7 Å². The van der Waals surface area contributed by atoms with Crippen LogP contribution in [0.3, 0.4) is 0 Å². The lowest BCUT2D eigenvalue weighted by Gasteiger charge is -2.19. The van der Waals surface area contributed by atoms with E-state index in [2.05, 4.69) is 34.8 Å². The van der Waals surface area contributed by atoms with Crippen LogP contribution >= 0.6 is 22.6 Å². The van der Waals surface area contributed by atoms with Crippen LogP contribution in [-0.2, 0) is 4.74 Å². The van der Waals surface area contributed by atoms with E-state index in [1.54, 1.807) is 6.07 Å². The Hall–Kier alpha value is -0.200. The van der Waals surface area contributed by atoms with Crippen molar-refractivity contribution in [3.63, 3.8) is 0 Å². The monoisotopic (exact) mass is 337 g/mol. The zero-order chi connectivity index (χ0) is 12.0. The van der Waals surface area contributed by atoms with Crippen LogP contribution in [0.5, 0.6) is 0 Å². The first-order chi connectivity index (χ1) is 7.69. The normalized spacial score (nSPS) is 12.8. The predicted molar refractivity (Wildman–Crippen MR) is 72.0 cm³/mol. The zero-order valence-corrected chi connectivity index (χ0v) is 11.8. The first-order valence-electron chi connectivity index (χ1n) is 5.45. The van der Waals surface area contributed by atoms with Gasteiger partial charge in [0.15, 0.2) is 0 Å². The van der Waals surface area contributed by atoms with Gasteiger partial charge in [0, 0.05) is 10.2 Å². The molecule has 0 fully saturated rings. The summed E-state index contributed by atoms with van der Waals surface area (Å²) in [6, 6.07) is 5.00. The molecule has 0 spiro atoms. The lowest BCUT2D eigenvalue weighted by molar-refractivity contribution is 0.123. The highest BCUT2D eigenvalue weighted by Crippen LogP contribution is 2.21. The maximum atomic E-state index is 13.0. The molecule has 16 heavy (non-hydrogen) atoms. The molecule has 0 amide bonds. The molecule has 90 valence electrons. The molecule has 1 aromatic carbocycles. The van der Waals surface area contributed by atoms with Gasteiger partial charge < -0.3 is 10.1 Å². The highest BCUT2D eigenvalue weighted by Gasteiger charge is 2.13. The Bertz CT molecular complexity index is 333. The summed E-state index contributed by atoms with van der Waals surface area (Å²) in [6.45, 7) is 6.20. The second-order valence-corrected chi connectivity index (χ2v) is 4.60. The van der Waals surface area contributed by atoms with E-state index in [9.17, 15) is 4.39 Å². The van der Waals surface area contributed by atoms with Crippen molar-refractivity contribution >= 4 is 22.6 Å². The SMILES string of the molecule is CCNC(COCC)c1ccc(F)cc1I. The first-order valence-corrected chi connectivity index (χ1v) is 6.53. The number of rotatable bonds is 6. The quantitative estimate of drug-likeness (QED) is 0.806. The Morgan fingerprint density at radius 3 is 2.75 bits per heavy atom. The Labute approximate surface area is 110 Å². The van der Waals surface area contributed by atoms with Gasteiger partial charge in [-0.3, -0.25) is 0 Å². The van der Waals surface area contributed by atoms with E-state index < -0.39 is 0 Å². The molecule has 0 saturated heterocycles. The topological polar surface area (TPSA) is 21.3 Å². The molecule has 1 rings (SSSR count). The number of likely N-dealkylation sites (N-methyl/N-ethyl adjacent to an activating group) is 1. The molecule has 0 aliphatic heterocycles. The van der Waals surface area contributed by atoms with Crippen LogP contribution in [0.1, 0.15) is 25.5 Å². The lowest BCUT2D eigenvalue weighted by atomic mass is 10.1. The molecule has 0 aliphatic carbocycles. The molecule has 1 unspecified atom stereocenters. The molecule has 0 heterocycles. The van der Waals surface area contributed by atoms with E-state index in [1.165, 1.54) is 6.07 Å². The fraction of sp³-hybridized carbons (Fsp3) is 0.500. The molecule has 2 nitrogen and oxygen atoms in total. The fourth-order valence-electron chi connectivity index (χ4n) is 1.52. The predicted octanol–water partition coefficient (Wildman–Crippen LogP) is 3.12. The lowest BCUT2D eigenvalue weighted by Crippen LogP contribution is -2.26. The van der Waals surface area contributed by atoms with E-state index in [-0.39, 0.29) is 11.9 Å². The molecule has 1 N–H and O–H groups in total. The molecule has 1 atom stereocenters. The van der Waals surface area contributed by atoms with Gasteiger partial charge in [0.25, 0.3) is 0 Å². The van der Waals surface area contributed by atoms with Crippen LogP contribution in [-0.4, -0.2) is 19.8 Å². The largest absolute Gasteiger partial charge is 0.380 e. The van der Waals surface area contributed by atoms with Crippen LogP contribution in [0.15, 0.2) is 18.2 Å². The van der Waals surface area contributed by atoms with Crippen LogP contribution in [0, 0.1) is 9.39 Å². The third-order valence-electron chi connectivity index (χ3n) is 2.28. The summed E-state index contributed by atoms with van der Waals surface area (Å²) in [7, 11) is 0. The van der Waals surface area contributed by atoms with Crippen molar-refractivity contribution in [3.8, 4) is 0 Å². The minimum absolute atomic E-state index is 0.137. The Morgan fingerprint density at radius 1 is 1.44 bits per heavy atom. The summed E-state index contributed by atoms with van der Waals surface area (Å²) in [6.07, 6.45) is 0. The number of ether oxygens (including phenoxy) is 1. The molecule has 0 bridgehead atoms. The highest BCUT2D eigenvalue weighted by atomic mass is 127. The summed E-state index contributed by atoms with van der Waals surface area (Å²) in [4.78, 5) is 0. The molecule has 0 aromatic heterocycles. The number of nitrogens with one attached hydrogen (secondary N) is 1. The van der Waals surface area contributed by atoms with Crippen molar-refractivity contribution in [1.82, 2.24) is 5.32 Å². The molecular weight excluding hydrogens is 320 g/mol. The number of halogens is 2. The van der Waals surface area contributed by atoms with Gasteiger partial charge in [-0.05, 0) is 53.8 Å². The van der Waals surface area contributed by atoms with Crippen molar-refractivity contribution in [3.05, 3.63) is 33.1 Å². The van der Waals surface area contributed by atoms with Crippen LogP contribution in [0.2, 0.25) is 0 Å². The first kappa shape index (κ1) is 13.9. The summed E-state index contributed by atoms with van der Waals surface area (Å²) >= 11 is 2.16. The van der Waals surface area contributed by atoms with Crippen molar-refractivity contribution in [2.75, 3.05) is 19.8 Å². The third-order valence-corrected chi connectivity index (χ3v) is 3.21. The standard InChI is InChI=1S/C12H17FINO/c1-3-15-12(8-16-4-2)10-6-5-9(13)7-11(10)14/h5-7,12,15H,3-4,8H2,1-2H3. The van der Waals surface area contributed by atoms with E-state index in [1.807, 2.05) is 13.0 Å². The van der Waals surface area contributed by atoms with Gasteiger partial charge in [-0.2, -0.15) is 0 Å². The van der Waals surface area contributed by atoms with Crippen molar-refractivity contribution < 1.29 is 9.13 Å². The van der Waals surface area contributed by atoms with E-state index >= 15 is 0 Å². The van der Waals surface area contributed by atoms with Gasteiger partial charge in [0.2, 0.25) is 0 Å². The maximum Gasteiger partial charge on any atom is 0.124 e. The Balaban J connectivity index is 2.82. The second kappa shape index (κ2) is 7.19. The van der Waals surface area contributed by atoms with Crippen LogP contribution in [0.4, 0.5) is 4.39 Å². The Morgan fingerprint density at radius 2 is 2.19 bits per heavy atom. The van der Waals surface area contributed by atoms with Gasteiger partial charge >= 0.3 is 0 Å². The number of hydrogen-bond donors (Lipinski definition) is 1. The molecule has 0 aliphatic rings. The zero-order valence-electron chi connectivity index (χ0n) is 9.59. The number of benzene rings is 1. The van der Waals surface area contributed by atoms with Crippen molar-refractivity contribution in [2.45, 2.75) is 19.9 Å². The summed E-state index contributed by atoms with van der Waals surface area (Å²) in [5, 5.41) is 3.34. The minimum Gasteiger partial charge on any atom is -0.380 e. The molecule has 1 aromatic rings. The summed E-state index contributed by atoms with van der Waals surface area (Å²) < 4.78 is 19.4. The van der Waals surface area contributed by atoms with Crippen LogP contribution < -0.4 is 5.32 Å². The summed E-state index contributed by atoms with van der Waals surface area (Å²) in [5.41, 5.74) is 1.09. The van der Waals surface area contributed by atoms with Crippen LogP contribution in [0.25, 0.3) is 0 Å². The Kier molecular flexibility index (Phi) is 6.23. The average molecular weight is 337 g/mol. The van der Waals surface area contributed by atoms with Gasteiger partial charge in [-0.25, -0.2) is 4.39 Å². The highest BCUT2D eigenvalue weighted by molar-refractivity contribution is 14.1. The van der Waals surface area contributed by atoms with Gasteiger partial charge in [-0.15, -0.1) is 0 Å². The smallest absolute Gasteiger partial charge is 0.124 e. The van der Waals surface area contributed by atoms with Gasteiger partial charge in [0.05, 0.1) is 12.6 Å². The van der Waals surface area contributed by atoms with Gasteiger partial charge in [0.1, 0.15) is 5.82 Å². The van der Waals surface area contributed by atoms with Crippen molar-refractivity contribution in [1.29, 1.82) is 0 Å². The third kappa shape index (κ3) is 3.99. The van der Waals surface area contributed by atoms with E-state index in [0.29, 0.717) is 13.2 Å². The fourth-order valence-corrected chi connectivity index (χ4v) is 2.38.